The Morgan fingerprint density at radius 1 is 1.52 bits per heavy atom. The molecule has 0 aromatic carbocycles. The molecule has 1 aliphatic heterocycles. The summed E-state index contributed by atoms with van der Waals surface area (Å²) in [5, 5.41) is 14.3. The van der Waals surface area contributed by atoms with E-state index in [0.29, 0.717) is 18.8 Å². The second-order valence-electron chi connectivity index (χ2n) is 4.87. The van der Waals surface area contributed by atoms with Gasteiger partial charge in [0.25, 0.3) is 5.88 Å². The van der Waals surface area contributed by atoms with Crippen LogP contribution in [0.4, 0.5) is 11.5 Å². The molecule has 2 heterocycles. The molecule has 1 aromatic heterocycles. The molecule has 1 atom stereocenters. The Morgan fingerprint density at radius 2 is 2.33 bits per heavy atom. The SMILES string of the molecule is CCCc1nc(NCC2CCCO2)c([N+](=O)[O-])c(OC)n1. The van der Waals surface area contributed by atoms with Gasteiger partial charge in [0.2, 0.25) is 5.82 Å². The highest BCUT2D eigenvalue weighted by atomic mass is 16.6. The van der Waals surface area contributed by atoms with Crippen LogP contribution in [0, 0.1) is 10.1 Å². The molecule has 8 nitrogen and oxygen atoms in total. The minimum atomic E-state index is -0.521. The summed E-state index contributed by atoms with van der Waals surface area (Å²) >= 11 is 0. The van der Waals surface area contributed by atoms with E-state index in [1.165, 1.54) is 7.11 Å². The third kappa shape index (κ3) is 3.78. The van der Waals surface area contributed by atoms with E-state index in [0.717, 1.165) is 25.9 Å². The van der Waals surface area contributed by atoms with E-state index < -0.39 is 4.92 Å². The van der Waals surface area contributed by atoms with Crippen molar-refractivity contribution in [2.24, 2.45) is 0 Å². The second-order valence-corrected chi connectivity index (χ2v) is 4.87. The Balaban J connectivity index is 2.25. The number of anilines is 1. The van der Waals surface area contributed by atoms with Crippen molar-refractivity contribution in [3.63, 3.8) is 0 Å². The number of methoxy groups -OCH3 is 1. The summed E-state index contributed by atoms with van der Waals surface area (Å²) in [6.45, 7) is 3.23. The normalized spacial score (nSPS) is 17.7. The van der Waals surface area contributed by atoms with E-state index in [2.05, 4.69) is 15.3 Å². The number of rotatable bonds is 7. The van der Waals surface area contributed by atoms with Crippen LogP contribution in [0.25, 0.3) is 0 Å². The monoisotopic (exact) mass is 296 g/mol. The number of hydrogen-bond acceptors (Lipinski definition) is 7. The predicted molar refractivity (Wildman–Crippen MR) is 76.7 cm³/mol. The zero-order valence-electron chi connectivity index (χ0n) is 12.3. The van der Waals surface area contributed by atoms with Crippen molar-refractivity contribution >= 4 is 11.5 Å². The molecule has 1 aliphatic rings. The number of hydrogen-bond donors (Lipinski definition) is 1. The van der Waals surface area contributed by atoms with Gasteiger partial charge in [0.1, 0.15) is 5.82 Å². The van der Waals surface area contributed by atoms with Crippen molar-refractivity contribution in [2.75, 3.05) is 25.6 Å². The Kier molecular flexibility index (Phi) is 5.26. The summed E-state index contributed by atoms with van der Waals surface area (Å²) in [7, 11) is 1.37. The largest absolute Gasteiger partial charge is 0.476 e. The van der Waals surface area contributed by atoms with Crippen molar-refractivity contribution in [3.05, 3.63) is 15.9 Å². The van der Waals surface area contributed by atoms with Gasteiger partial charge < -0.3 is 14.8 Å². The van der Waals surface area contributed by atoms with Crippen LogP contribution in [-0.4, -0.2) is 41.3 Å². The summed E-state index contributed by atoms with van der Waals surface area (Å²) in [4.78, 5) is 19.1. The quantitative estimate of drug-likeness (QED) is 0.606. The van der Waals surface area contributed by atoms with Crippen molar-refractivity contribution in [1.82, 2.24) is 9.97 Å². The lowest BCUT2D eigenvalue weighted by Gasteiger charge is -2.13. The molecule has 0 radical (unpaired) electrons. The Morgan fingerprint density at radius 3 is 2.90 bits per heavy atom. The Labute approximate surface area is 123 Å². The molecule has 1 N–H and O–H groups in total. The molecule has 0 spiro atoms. The van der Waals surface area contributed by atoms with E-state index >= 15 is 0 Å². The summed E-state index contributed by atoms with van der Waals surface area (Å²) in [5.74, 6) is 0.730. The van der Waals surface area contributed by atoms with Gasteiger partial charge in [-0.2, -0.15) is 4.98 Å². The molecular weight excluding hydrogens is 276 g/mol. The second kappa shape index (κ2) is 7.16. The third-order valence-electron chi connectivity index (χ3n) is 3.27. The van der Waals surface area contributed by atoms with Gasteiger partial charge >= 0.3 is 5.69 Å². The van der Waals surface area contributed by atoms with E-state index in [4.69, 9.17) is 9.47 Å². The zero-order chi connectivity index (χ0) is 15.2. The molecule has 8 heteroatoms. The maximum Gasteiger partial charge on any atom is 0.372 e. The fourth-order valence-electron chi connectivity index (χ4n) is 2.26. The molecular formula is C13H20N4O4. The first kappa shape index (κ1) is 15.4. The number of aryl methyl sites for hydroxylation is 1. The van der Waals surface area contributed by atoms with Gasteiger partial charge in [0, 0.05) is 19.6 Å². The van der Waals surface area contributed by atoms with Crippen LogP contribution in [0.15, 0.2) is 0 Å². The molecule has 0 aliphatic carbocycles. The predicted octanol–water partition coefficient (Wildman–Crippen LogP) is 1.94. The van der Waals surface area contributed by atoms with E-state index in [-0.39, 0.29) is 23.5 Å². The molecule has 1 aromatic rings. The minimum absolute atomic E-state index is 0.00621. The average Bonchev–Trinajstić information content (AvgIpc) is 2.97. The lowest BCUT2D eigenvalue weighted by atomic mass is 10.2. The summed E-state index contributed by atoms with van der Waals surface area (Å²) in [5.41, 5.74) is -0.227. The third-order valence-corrected chi connectivity index (χ3v) is 3.27. The minimum Gasteiger partial charge on any atom is -0.476 e. The molecule has 0 bridgehead atoms. The van der Waals surface area contributed by atoms with E-state index in [1.54, 1.807) is 0 Å². The lowest BCUT2D eigenvalue weighted by Crippen LogP contribution is -2.20. The molecule has 116 valence electrons. The number of aromatic nitrogens is 2. The van der Waals surface area contributed by atoms with Gasteiger partial charge in [0.05, 0.1) is 18.1 Å². The highest BCUT2D eigenvalue weighted by molar-refractivity contribution is 5.61. The van der Waals surface area contributed by atoms with Crippen LogP contribution >= 0.6 is 0 Å². The van der Waals surface area contributed by atoms with Crippen molar-refractivity contribution in [3.8, 4) is 5.88 Å². The Hall–Kier alpha value is -1.96. The highest BCUT2D eigenvalue weighted by Gasteiger charge is 2.26. The van der Waals surface area contributed by atoms with E-state index in [9.17, 15) is 10.1 Å². The summed E-state index contributed by atoms with van der Waals surface area (Å²) in [6, 6.07) is 0. The fourth-order valence-corrected chi connectivity index (χ4v) is 2.26. The van der Waals surface area contributed by atoms with Gasteiger partial charge in [-0.1, -0.05) is 6.92 Å². The van der Waals surface area contributed by atoms with Crippen molar-refractivity contribution in [2.45, 2.75) is 38.7 Å². The maximum absolute atomic E-state index is 11.2. The van der Waals surface area contributed by atoms with Gasteiger partial charge in [-0.15, -0.1) is 0 Å². The first-order valence-electron chi connectivity index (χ1n) is 7.10. The maximum atomic E-state index is 11.2. The van der Waals surface area contributed by atoms with Gasteiger partial charge in [-0.05, 0) is 19.3 Å². The highest BCUT2D eigenvalue weighted by Crippen LogP contribution is 2.32. The van der Waals surface area contributed by atoms with Crippen molar-refractivity contribution < 1.29 is 14.4 Å². The Bertz CT molecular complexity index is 503. The smallest absolute Gasteiger partial charge is 0.372 e. The standard InChI is InChI=1S/C13H20N4O4/c1-3-5-10-15-12(14-8-9-6-4-7-21-9)11(17(18)19)13(16-10)20-2/h9H,3-8H2,1-2H3,(H,14,15,16). The molecule has 2 rings (SSSR count). The number of ether oxygens (including phenoxy) is 2. The van der Waals surface area contributed by atoms with Crippen LogP contribution in [0.1, 0.15) is 32.0 Å². The average molecular weight is 296 g/mol. The van der Waals surface area contributed by atoms with Crippen LogP contribution in [0.3, 0.4) is 0 Å². The molecule has 21 heavy (non-hydrogen) atoms. The van der Waals surface area contributed by atoms with Crippen LogP contribution in [-0.2, 0) is 11.2 Å². The molecule has 1 unspecified atom stereocenters. The number of nitrogens with zero attached hydrogens (tertiary/aromatic N) is 3. The van der Waals surface area contributed by atoms with Gasteiger partial charge in [0.15, 0.2) is 0 Å². The first-order chi connectivity index (χ1) is 10.2. The van der Waals surface area contributed by atoms with Gasteiger partial charge in [-0.25, -0.2) is 4.98 Å². The fraction of sp³-hybridized carbons (Fsp3) is 0.692. The number of nitrogens with one attached hydrogen (secondary N) is 1. The van der Waals surface area contributed by atoms with Gasteiger partial charge in [-0.3, -0.25) is 10.1 Å². The number of nitro groups is 1. The summed E-state index contributed by atoms with van der Waals surface area (Å²) in [6.07, 6.45) is 3.53. The van der Waals surface area contributed by atoms with E-state index in [1.807, 2.05) is 6.92 Å². The molecule has 0 saturated carbocycles. The van der Waals surface area contributed by atoms with Crippen LogP contribution in [0.5, 0.6) is 5.88 Å². The molecule has 1 fully saturated rings. The lowest BCUT2D eigenvalue weighted by molar-refractivity contribution is -0.385. The van der Waals surface area contributed by atoms with Crippen LogP contribution in [0.2, 0.25) is 0 Å². The topological polar surface area (TPSA) is 99.4 Å². The molecule has 0 amide bonds. The zero-order valence-corrected chi connectivity index (χ0v) is 12.3. The van der Waals surface area contributed by atoms with Crippen molar-refractivity contribution in [1.29, 1.82) is 0 Å². The van der Waals surface area contributed by atoms with Crippen LogP contribution < -0.4 is 10.1 Å². The first-order valence-corrected chi connectivity index (χ1v) is 7.10. The molecule has 1 saturated heterocycles. The summed E-state index contributed by atoms with van der Waals surface area (Å²) < 4.78 is 10.5.